The van der Waals surface area contributed by atoms with E-state index in [0.717, 1.165) is 0 Å². The molecule has 0 aromatic heterocycles. The van der Waals surface area contributed by atoms with Gasteiger partial charge in [-0.2, -0.15) is 0 Å². The summed E-state index contributed by atoms with van der Waals surface area (Å²) < 4.78 is 10.5. The number of primary amides is 1. The van der Waals surface area contributed by atoms with Crippen molar-refractivity contribution in [2.75, 3.05) is 13.2 Å². The molecule has 0 aromatic rings. The van der Waals surface area contributed by atoms with Gasteiger partial charge in [-0.3, -0.25) is 4.79 Å². The topological polar surface area (TPSA) is 203 Å². The van der Waals surface area contributed by atoms with Crippen molar-refractivity contribution in [2.45, 2.75) is 59.5 Å². The van der Waals surface area contributed by atoms with Crippen LogP contribution in [-0.2, 0) is 14.3 Å². The number of carbonyl (C=O) groups excluding carboxylic acids is 1. The summed E-state index contributed by atoms with van der Waals surface area (Å²) in [7, 11) is 0. The van der Waals surface area contributed by atoms with Crippen LogP contribution in [0.3, 0.4) is 0 Å². The molecule has 0 spiro atoms. The maximum absolute atomic E-state index is 11.6. The van der Waals surface area contributed by atoms with E-state index in [1.807, 2.05) is 0 Å². The van der Waals surface area contributed by atoms with E-state index in [0.29, 0.717) is 11.8 Å². The predicted octanol–water partition coefficient (Wildman–Crippen LogP) is -5.15. The Bertz CT molecular complexity index is 468. The first kappa shape index (κ1) is 20.8. The number of aliphatic hydroxyl groups excluding tert-OH is 7. The molecule has 2 heterocycles. The number of amides is 1. The Labute approximate surface area is 147 Å². The summed E-state index contributed by atoms with van der Waals surface area (Å²) in [5, 5.41) is 67.0. The standard InChI is InChI=1S/C13H23NO10S/c14-12(22)10-11(8(20)6(18)3(1-15)23-10)25-13-9(21)7(19)5(17)4(2-16)24-13/h3-11,13,15-21H,1-2H2,(H2,14,22)/t3-,4-,5-,6+,7+,8+,9-,10-,11+,13+/m1/s1. The summed E-state index contributed by atoms with van der Waals surface area (Å²) in [4.78, 5) is 11.6. The first-order chi connectivity index (χ1) is 11.7. The molecule has 0 unspecified atom stereocenters. The second kappa shape index (κ2) is 8.43. The molecule has 12 heteroatoms. The van der Waals surface area contributed by atoms with Gasteiger partial charge in [0.2, 0.25) is 5.91 Å². The quantitative estimate of drug-likeness (QED) is 0.225. The molecule has 146 valence electrons. The molecular formula is C13H23NO10S. The highest BCUT2D eigenvalue weighted by molar-refractivity contribution is 8.00. The Hall–Kier alpha value is -0.540. The Morgan fingerprint density at radius 2 is 1.36 bits per heavy atom. The minimum absolute atomic E-state index is 0.639. The van der Waals surface area contributed by atoms with Gasteiger partial charge in [0.1, 0.15) is 42.1 Å². The van der Waals surface area contributed by atoms with Crippen LogP contribution >= 0.6 is 11.8 Å². The Balaban J connectivity index is 2.19. The van der Waals surface area contributed by atoms with E-state index in [1.165, 1.54) is 0 Å². The normalized spacial score (nSPS) is 48.3. The molecule has 0 saturated carbocycles. The van der Waals surface area contributed by atoms with Gasteiger partial charge in [-0.25, -0.2) is 0 Å². The Kier molecular flexibility index (Phi) is 7.01. The van der Waals surface area contributed by atoms with Crippen LogP contribution in [0.25, 0.3) is 0 Å². The Morgan fingerprint density at radius 1 is 0.840 bits per heavy atom. The van der Waals surface area contributed by atoms with Crippen LogP contribution in [0.5, 0.6) is 0 Å². The van der Waals surface area contributed by atoms with E-state index in [9.17, 15) is 35.4 Å². The van der Waals surface area contributed by atoms with Gasteiger partial charge in [0.25, 0.3) is 0 Å². The van der Waals surface area contributed by atoms with Crippen molar-refractivity contribution in [1.82, 2.24) is 0 Å². The van der Waals surface area contributed by atoms with Gasteiger partial charge < -0.3 is 51.0 Å². The molecule has 2 aliphatic heterocycles. The lowest BCUT2D eigenvalue weighted by molar-refractivity contribution is -0.207. The van der Waals surface area contributed by atoms with Crippen molar-refractivity contribution in [3.05, 3.63) is 0 Å². The van der Waals surface area contributed by atoms with Crippen molar-refractivity contribution in [3.8, 4) is 0 Å². The lowest BCUT2D eigenvalue weighted by Crippen LogP contribution is -2.63. The number of thioether (sulfide) groups is 1. The van der Waals surface area contributed by atoms with E-state index in [-0.39, 0.29) is 0 Å². The van der Waals surface area contributed by atoms with Gasteiger partial charge >= 0.3 is 0 Å². The number of aliphatic hydroxyl groups is 7. The third-order valence-electron chi connectivity index (χ3n) is 4.29. The second-order valence-corrected chi connectivity index (χ2v) is 7.24. The monoisotopic (exact) mass is 385 g/mol. The summed E-state index contributed by atoms with van der Waals surface area (Å²) in [5.74, 6) is -0.966. The zero-order chi connectivity index (χ0) is 18.9. The molecule has 25 heavy (non-hydrogen) atoms. The highest BCUT2D eigenvalue weighted by Gasteiger charge is 2.51. The molecule has 11 nitrogen and oxygen atoms in total. The minimum Gasteiger partial charge on any atom is -0.394 e. The number of carbonyl (C=O) groups is 1. The zero-order valence-corrected chi connectivity index (χ0v) is 13.8. The van der Waals surface area contributed by atoms with Crippen LogP contribution in [0.1, 0.15) is 0 Å². The summed E-state index contributed by atoms with van der Waals surface area (Å²) in [5.41, 5.74) is 3.99. The van der Waals surface area contributed by atoms with Crippen LogP contribution in [0, 0.1) is 0 Å². The average Bonchev–Trinajstić information content (AvgIpc) is 2.59. The number of rotatable bonds is 5. The zero-order valence-electron chi connectivity index (χ0n) is 13.0. The largest absolute Gasteiger partial charge is 0.394 e. The van der Waals surface area contributed by atoms with Crippen molar-refractivity contribution in [1.29, 1.82) is 0 Å². The molecule has 2 aliphatic rings. The molecule has 2 saturated heterocycles. The van der Waals surface area contributed by atoms with Gasteiger partial charge in [-0.15, -0.1) is 11.8 Å². The van der Waals surface area contributed by atoms with Crippen LogP contribution in [0.4, 0.5) is 0 Å². The summed E-state index contributed by atoms with van der Waals surface area (Å²) in [6.45, 7) is -1.29. The SMILES string of the molecule is NC(=O)[C@@H]1O[C@H](CO)[C@H](O)[C@H](O)[C@@H]1S[C@@H]1O[C@H](CO)[C@@H](O)[C@H](O)[C@H]1O. The summed E-state index contributed by atoms with van der Waals surface area (Å²) >= 11 is 0.663. The predicted molar refractivity (Wildman–Crippen MR) is 82.1 cm³/mol. The molecule has 2 fully saturated rings. The van der Waals surface area contributed by atoms with Gasteiger partial charge in [0.15, 0.2) is 6.10 Å². The molecule has 0 bridgehead atoms. The van der Waals surface area contributed by atoms with E-state index in [4.69, 9.17) is 20.3 Å². The van der Waals surface area contributed by atoms with Crippen molar-refractivity contribution >= 4 is 17.7 Å². The highest BCUT2D eigenvalue weighted by atomic mass is 32.2. The van der Waals surface area contributed by atoms with Gasteiger partial charge in [-0.1, -0.05) is 0 Å². The van der Waals surface area contributed by atoms with Crippen LogP contribution in [0.2, 0.25) is 0 Å². The first-order valence-corrected chi connectivity index (χ1v) is 8.55. The third kappa shape index (κ3) is 4.08. The number of nitrogens with two attached hydrogens (primary N) is 1. The van der Waals surface area contributed by atoms with E-state index in [2.05, 4.69) is 0 Å². The van der Waals surface area contributed by atoms with E-state index in [1.54, 1.807) is 0 Å². The fourth-order valence-electron chi connectivity index (χ4n) is 2.81. The molecule has 10 atom stereocenters. The van der Waals surface area contributed by atoms with Crippen molar-refractivity contribution < 1.29 is 50.0 Å². The molecule has 0 aromatic carbocycles. The third-order valence-corrected chi connectivity index (χ3v) is 5.79. The first-order valence-electron chi connectivity index (χ1n) is 7.60. The number of hydrogen-bond donors (Lipinski definition) is 8. The molecule has 0 aliphatic carbocycles. The number of hydrogen-bond acceptors (Lipinski definition) is 11. The minimum atomic E-state index is -1.63. The van der Waals surface area contributed by atoms with E-state index < -0.39 is 78.6 Å². The van der Waals surface area contributed by atoms with E-state index >= 15 is 0 Å². The van der Waals surface area contributed by atoms with Gasteiger partial charge in [-0.05, 0) is 0 Å². The molecule has 9 N–H and O–H groups in total. The lowest BCUT2D eigenvalue weighted by Gasteiger charge is -2.45. The number of ether oxygens (including phenoxy) is 2. The maximum Gasteiger partial charge on any atom is 0.247 e. The fourth-order valence-corrected chi connectivity index (χ4v) is 4.31. The van der Waals surface area contributed by atoms with Crippen LogP contribution in [0.15, 0.2) is 0 Å². The summed E-state index contributed by atoms with van der Waals surface area (Å²) in [6, 6.07) is 0. The lowest BCUT2D eigenvalue weighted by atomic mass is 9.97. The average molecular weight is 385 g/mol. The molecular weight excluding hydrogens is 362 g/mol. The maximum atomic E-state index is 11.6. The second-order valence-electron chi connectivity index (χ2n) is 5.96. The fraction of sp³-hybridized carbons (Fsp3) is 0.923. The summed E-state index contributed by atoms with van der Waals surface area (Å²) in [6.07, 6.45) is -11.7. The highest BCUT2D eigenvalue weighted by Crippen LogP contribution is 2.37. The molecule has 0 radical (unpaired) electrons. The van der Waals surface area contributed by atoms with Crippen LogP contribution in [-0.4, -0.2) is 114 Å². The van der Waals surface area contributed by atoms with Crippen LogP contribution < -0.4 is 5.73 Å². The van der Waals surface area contributed by atoms with Crippen molar-refractivity contribution in [3.63, 3.8) is 0 Å². The van der Waals surface area contributed by atoms with Gasteiger partial charge in [0.05, 0.1) is 24.6 Å². The molecule has 1 amide bonds. The van der Waals surface area contributed by atoms with Gasteiger partial charge in [0, 0.05) is 0 Å². The van der Waals surface area contributed by atoms with Crippen molar-refractivity contribution in [2.24, 2.45) is 5.73 Å². The molecule has 2 rings (SSSR count). The smallest absolute Gasteiger partial charge is 0.247 e. The Morgan fingerprint density at radius 3 is 1.88 bits per heavy atom.